The van der Waals surface area contributed by atoms with Crippen molar-refractivity contribution in [3.8, 4) is 11.5 Å². The molecular weight excluding hydrogens is 226 g/mol. The molecule has 0 saturated heterocycles. The van der Waals surface area contributed by atoms with Gasteiger partial charge < -0.3 is 15.5 Å². The third-order valence-corrected chi connectivity index (χ3v) is 5.04. The van der Waals surface area contributed by atoms with E-state index in [-0.39, 0.29) is 11.5 Å². The molecule has 0 bridgehead atoms. The second kappa shape index (κ2) is 4.16. The first-order valence-electron chi connectivity index (χ1n) is 6.48. The first-order valence-corrected chi connectivity index (χ1v) is 6.48. The maximum Gasteiger partial charge on any atom is 0.157 e. The van der Waals surface area contributed by atoms with E-state index in [0.29, 0.717) is 16.7 Å². The molecule has 2 rings (SSSR count). The number of aromatic hydroxyl groups is 2. The number of phenols is 2. The number of rotatable bonds is 4. The predicted molar refractivity (Wildman–Crippen MR) is 72.5 cm³/mol. The number of hydrogen-bond acceptors (Lipinski definition) is 3. The third-order valence-electron chi connectivity index (χ3n) is 5.04. The number of phenolic OH excluding ortho intramolecular Hbond substituents is 2. The Labute approximate surface area is 109 Å². The monoisotopic (exact) mass is 249 g/mol. The predicted octanol–water partition coefficient (Wildman–Crippen LogP) is 2.87. The Morgan fingerprint density at radius 2 is 1.67 bits per heavy atom. The molecule has 0 amide bonds. The van der Waals surface area contributed by atoms with Crippen molar-refractivity contribution in [3.63, 3.8) is 0 Å². The fourth-order valence-corrected chi connectivity index (χ4v) is 2.88. The summed E-state index contributed by atoms with van der Waals surface area (Å²) < 4.78 is 0. The van der Waals surface area contributed by atoms with Crippen molar-refractivity contribution in [1.29, 1.82) is 0 Å². The second-order valence-electron chi connectivity index (χ2n) is 6.45. The van der Waals surface area contributed by atoms with Gasteiger partial charge in [0.05, 0.1) is 0 Å². The Hall–Kier alpha value is -1.22. The van der Waals surface area contributed by atoms with E-state index in [0.717, 1.165) is 18.7 Å². The molecule has 1 aliphatic rings. The zero-order valence-corrected chi connectivity index (χ0v) is 11.6. The van der Waals surface area contributed by atoms with Crippen LogP contribution in [-0.2, 0) is 6.54 Å². The van der Waals surface area contributed by atoms with Crippen LogP contribution in [0.25, 0.3) is 0 Å². The van der Waals surface area contributed by atoms with Gasteiger partial charge in [-0.2, -0.15) is 0 Å². The van der Waals surface area contributed by atoms with Crippen molar-refractivity contribution in [3.05, 3.63) is 23.8 Å². The number of hydrogen-bond donors (Lipinski definition) is 3. The lowest BCUT2D eigenvalue weighted by atomic mass is 10.0. The Bertz CT molecular complexity index is 438. The van der Waals surface area contributed by atoms with E-state index in [4.69, 9.17) is 0 Å². The van der Waals surface area contributed by atoms with Gasteiger partial charge in [-0.3, -0.25) is 0 Å². The van der Waals surface area contributed by atoms with Gasteiger partial charge in [-0.1, -0.05) is 33.8 Å². The normalized spacial score (nSPS) is 20.9. The molecule has 0 heterocycles. The molecule has 1 saturated carbocycles. The van der Waals surface area contributed by atoms with Gasteiger partial charge in [0.15, 0.2) is 11.5 Å². The summed E-state index contributed by atoms with van der Waals surface area (Å²) in [6, 6.07) is 4.95. The molecule has 3 nitrogen and oxygen atoms in total. The highest BCUT2D eigenvalue weighted by Gasteiger charge is 2.63. The minimum atomic E-state index is -0.0665. The first kappa shape index (κ1) is 13.2. The van der Waals surface area contributed by atoms with E-state index in [1.54, 1.807) is 6.07 Å². The highest BCUT2D eigenvalue weighted by Crippen LogP contribution is 2.67. The Morgan fingerprint density at radius 3 is 2.17 bits per heavy atom. The van der Waals surface area contributed by atoms with Gasteiger partial charge in [0.2, 0.25) is 0 Å². The summed E-state index contributed by atoms with van der Waals surface area (Å²) >= 11 is 0. The lowest BCUT2D eigenvalue weighted by molar-refractivity contribution is 0.403. The van der Waals surface area contributed by atoms with Gasteiger partial charge in [-0.15, -0.1) is 0 Å². The van der Waals surface area contributed by atoms with E-state index in [1.165, 1.54) is 6.07 Å². The van der Waals surface area contributed by atoms with Crippen molar-refractivity contribution in [2.24, 2.45) is 16.7 Å². The average molecular weight is 249 g/mol. The Balaban J connectivity index is 1.85. The lowest BCUT2D eigenvalue weighted by Gasteiger charge is -2.07. The van der Waals surface area contributed by atoms with Crippen LogP contribution in [0.1, 0.15) is 33.3 Å². The van der Waals surface area contributed by atoms with Gasteiger partial charge in [-0.05, 0) is 41.0 Å². The first-order chi connectivity index (χ1) is 8.26. The Morgan fingerprint density at radius 1 is 1.06 bits per heavy atom. The SMILES string of the molecule is CC1(C)C(CNCc2ccc(O)c(O)c2)C1(C)C. The molecule has 0 unspecified atom stereocenters. The fraction of sp³-hybridized carbons (Fsp3) is 0.600. The molecule has 0 atom stereocenters. The molecule has 0 aliphatic heterocycles. The van der Waals surface area contributed by atoms with Crippen LogP contribution in [0.3, 0.4) is 0 Å². The summed E-state index contributed by atoms with van der Waals surface area (Å²) in [6.45, 7) is 11.0. The second-order valence-corrected chi connectivity index (χ2v) is 6.45. The van der Waals surface area contributed by atoms with Crippen molar-refractivity contribution in [1.82, 2.24) is 5.32 Å². The molecule has 1 fully saturated rings. The van der Waals surface area contributed by atoms with Crippen LogP contribution in [-0.4, -0.2) is 16.8 Å². The molecular formula is C15H23NO2. The Kier molecular flexibility index (Phi) is 3.06. The standard InChI is InChI=1S/C15H23NO2/c1-14(2)13(15(14,3)4)9-16-8-10-5-6-11(17)12(18)7-10/h5-7,13,16-18H,8-9H2,1-4H3. The highest BCUT2D eigenvalue weighted by molar-refractivity contribution is 5.40. The number of nitrogens with one attached hydrogen (secondary N) is 1. The molecule has 3 N–H and O–H groups in total. The lowest BCUT2D eigenvalue weighted by Crippen LogP contribution is -2.18. The highest BCUT2D eigenvalue weighted by atomic mass is 16.3. The van der Waals surface area contributed by atoms with Gasteiger partial charge >= 0.3 is 0 Å². The largest absolute Gasteiger partial charge is 0.504 e. The van der Waals surface area contributed by atoms with Crippen molar-refractivity contribution in [2.75, 3.05) is 6.54 Å². The molecule has 0 spiro atoms. The van der Waals surface area contributed by atoms with Crippen LogP contribution in [0.2, 0.25) is 0 Å². The van der Waals surface area contributed by atoms with E-state index in [9.17, 15) is 10.2 Å². The zero-order valence-electron chi connectivity index (χ0n) is 11.6. The molecule has 0 aromatic heterocycles. The minimum absolute atomic E-state index is 0.0543. The summed E-state index contributed by atoms with van der Waals surface area (Å²) in [7, 11) is 0. The molecule has 100 valence electrons. The van der Waals surface area contributed by atoms with Gasteiger partial charge in [0.1, 0.15) is 0 Å². The summed E-state index contributed by atoms with van der Waals surface area (Å²) in [6.07, 6.45) is 0. The van der Waals surface area contributed by atoms with E-state index in [2.05, 4.69) is 33.0 Å². The van der Waals surface area contributed by atoms with Crippen molar-refractivity contribution in [2.45, 2.75) is 34.2 Å². The summed E-state index contributed by atoms with van der Waals surface area (Å²) in [5.41, 5.74) is 1.79. The van der Waals surface area contributed by atoms with Crippen LogP contribution in [0.15, 0.2) is 18.2 Å². The molecule has 3 heteroatoms. The molecule has 18 heavy (non-hydrogen) atoms. The van der Waals surface area contributed by atoms with Gasteiger partial charge in [0, 0.05) is 6.54 Å². The summed E-state index contributed by atoms with van der Waals surface area (Å²) in [5, 5.41) is 22.1. The zero-order chi connectivity index (χ0) is 13.6. The van der Waals surface area contributed by atoms with Crippen LogP contribution in [0, 0.1) is 16.7 Å². The van der Waals surface area contributed by atoms with Crippen LogP contribution >= 0.6 is 0 Å². The van der Waals surface area contributed by atoms with Gasteiger partial charge in [0.25, 0.3) is 0 Å². The summed E-state index contributed by atoms with van der Waals surface area (Å²) in [4.78, 5) is 0. The molecule has 0 radical (unpaired) electrons. The fourth-order valence-electron chi connectivity index (χ4n) is 2.88. The van der Waals surface area contributed by atoms with Crippen LogP contribution in [0.5, 0.6) is 11.5 Å². The van der Waals surface area contributed by atoms with Crippen LogP contribution < -0.4 is 5.32 Å². The summed E-state index contributed by atoms with van der Waals surface area (Å²) in [5.74, 6) is 0.570. The topological polar surface area (TPSA) is 52.5 Å². The van der Waals surface area contributed by atoms with Crippen LogP contribution in [0.4, 0.5) is 0 Å². The van der Waals surface area contributed by atoms with Crippen molar-refractivity contribution >= 4 is 0 Å². The third kappa shape index (κ3) is 2.07. The van der Waals surface area contributed by atoms with Gasteiger partial charge in [-0.25, -0.2) is 0 Å². The average Bonchev–Trinajstić information content (AvgIpc) is 2.65. The van der Waals surface area contributed by atoms with Crippen molar-refractivity contribution < 1.29 is 10.2 Å². The molecule has 1 aliphatic carbocycles. The van der Waals surface area contributed by atoms with E-state index < -0.39 is 0 Å². The maximum absolute atomic E-state index is 9.41. The minimum Gasteiger partial charge on any atom is -0.504 e. The molecule has 1 aromatic rings. The van der Waals surface area contributed by atoms with E-state index >= 15 is 0 Å². The van der Waals surface area contributed by atoms with E-state index in [1.807, 2.05) is 6.07 Å². The maximum atomic E-state index is 9.41. The molecule has 1 aromatic carbocycles. The quantitative estimate of drug-likeness (QED) is 0.719. The smallest absolute Gasteiger partial charge is 0.157 e. The number of benzene rings is 1.